The minimum Gasteiger partial charge on any atom is -0.337 e. The van der Waals surface area contributed by atoms with Gasteiger partial charge in [-0.15, -0.1) is 0 Å². The Morgan fingerprint density at radius 3 is 2.86 bits per heavy atom. The third-order valence-corrected chi connectivity index (χ3v) is 5.49. The van der Waals surface area contributed by atoms with E-state index in [0.717, 1.165) is 29.5 Å². The van der Waals surface area contributed by atoms with Crippen LogP contribution in [0, 0.1) is 0 Å². The molecule has 1 aromatic rings. The van der Waals surface area contributed by atoms with Crippen LogP contribution in [0.25, 0.3) is 0 Å². The molecule has 1 saturated heterocycles. The Morgan fingerprint density at radius 1 is 1.33 bits per heavy atom. The number of nitrogens with one attached hydrogen (secondary N) is 1. The Bertz CT molecular complexity index is 627. The third-order valence-electron chi connectivity index (χ3n) is 3.21. The van der Waals surface area contributed by atoms with Crippen LogP contribution in [0.2, 0.25) is 5.02 Å². The first-order valence-electron chi connectivity index (χ1n) is 6.50. The van der Waals surface area contributed by atoms with Crippen LogP contribution in [0.4, 0.5) is 5.69 Å². The highest BCUT2D eigenvalue weighted by Gasteiger charge is 2.24. The Kier molecular flexibility index (Phi) is 4.47. The summed E-state index contributed by atoms with van der Waals surface area (Å²) in [5.41, 5.74) is 0.691. The maximum Gasteiger partial charge on any atom is 0.262 e. The van der Waals surface area contributed by atoms with Gasteiger partial charge in [0.2, 0.25) is 5.91 Å². The van der Waals surface area contributed by atoms with Crippen LogP contribution in [0.5, 0.6) is 0 Å². The van der Waals surface area contributed by atoms with Crippen molar-refractivity contribution in [1.82, 2.24) is 4.90 Å². The van der Waals surface area contributed by atoms with E-state index in [4.69, 9.17) is 11.6 Å². The molecule has 0 aromatic heterocycles. The SMILES string of the molecule is O=C1Nc2cc(Cl)ccc2S/C1=C\C(=O)N1CCSCC1. The van der Waals surface area contributed by atoms with Gasteiger partial charge in [-0.25, -0.2) is 0 Å². The van der Waals surface area contributed by atoms with Crippen LogP contribution < -0.4 is 5.32 Å². The fourth-order valence-electron chi connectivity index (χ4n) is 2.12. The van der Waals surface area contributed by atoms with Crippen molar-refractivity contribution in [3.63, 3.8) is 0 Å². The predicted molar refractivity (Wildman–Crippen MR) is 87.9 cm³/mol. The second-order valence-corrected chi connectivity index (χ2v) is 7.39. The summed E-state index contributed by atoms with van der Waals surface area (Å²) in [6.45, 7) is 1.48. The number of fused-ring (bicyclic) bond motifs is 1. The second-order valence-electron chi connectivity index (χ2n) is 4.64. The van der Waals surface area contributed by atoms with E-state index in [1.54, 1.807) is 17.0 Å². The standard InChI is InChI=1S/C14H13ClN2O2S2/c15-9-1-2-11-10(7-9)16-14(19)12(21-11)8-13(18)17-3-5-20-6-4-17/h1-2,7-8H,3-6H2,(H,16,19)/b12-8-. The number of carbonyl (C=O) groups is 2. The van der Waals surface area contributed by atoms with E-state index in [-0.39, 0.29) is 11.8 Å². The van der Waals surface area contributed by atoms with Gasteiger partial charge in [-0.2, -0.15) is 11.8 Å². The molecule has 1 N–H and O–H groups in total. The van der Waals surface area contributed by atoms with Crippen LogP contribution in [-0.4, -0.2) is 41.3 Å². The molecule has 1 fully saturated rings. The molecular weight excluding hydrogens is 328 g/mol. The zero-order valence-corrected chi connectivity index (χ0v) is 13.5. The highest BCUT2D eigenvalue weighted by Crippen LogP contribution is 2.39. The van der Waals surface area contributed by atoms with Gasteiger partial charge in [-0.05, 0) is 18.2 Å². The van der Waals surface area contributed by atoms with E-state index in [2.05, 4.69) is 5.32 Å². The molecule has 110 valence electrons. The largest absolute Gasteiger partial charge is 0.337 e. The van der Waals surface area contributed by atoms with Gasteiger partial charge in [0.05, 0.1) is 10.6 Å². The second kappa shape index (κ2) is 6.34. The first kappa shape index (κ1) is 14.8. The normalized spacial score (nSPS) is 20.1. The fourth-order valence-corrected chi connectivity index (χ4v) is 4.09. The molecule has 0 unspecified atom stereocenters. The van der Waals surface area contributed by atoms with Gasteiger partial charge in [0.15, 0.2) is 0 Å². The van der Waals surface area contributed by atoms with Crippen LogP contribution >= 0.6 is 35.1 Å². The summed E-state index contributed by atoms with van der Waals surface area (Å²) in [5, 5.41) is 3.34. The quantitative estimate of drug-likeness (QED) is 0.799. The van der Waals surface area contributed by atoms with Gasteiger partial charge in [0.1, 0.15) is 0 Å². The number of amides is 2. The number of hydrogen-bond acceptors (Lipinski definition) is 4. The number of nitrogens with zero attached hydrogens (tertiary/aromatic N) is 1. The number of carbonyl (C=O) groups excluding carboxylic acids is 2. The average Bonchev–Trinajstić information content (AvgIpc) is 2.49. The molecule has 3 rings (SSSR count). The van der Waals surface area contributed by atoms with Gasteiger partial charge in [0.25, 0.3) is 5.91 Å². The molecule has 0 atom stereocenters. The van der Waals surface area contributed by atoms with Gasteiger partial charge in [0, 0.05) is 40.6 Å². The van der Waals surface area contributed by atoms with E-state index < -0.39 is 0 Å². The molecule has 21 heavy (non-hydrogen) atoms. The Morgan fingerprint density at radius 2 is 2.10 bits per heavy atom. The highest BCUT2D eigenvalue weighted by atomic mass is 35.5. The van der Waals surface area contributed by atoms with E-state index in [1.165, 1.54) is 17.8 Å². The lowest BCUT2D eigenvalue weighted by Gasteiger charge is -2.26. The van der Waals surface area contributed by atoms with E-state index in [9.17, 15) is 9.59 Å². The molecular formula is C14H13ClN2O2S2. The number of thioether (sulfide) groups is 2. The Balaban J connectivity index is 1.79. The van der Waals surface area contributed by atoms with Crippen LogP contribution in [0.1, 0.15) is 0 Å². The van der Waals surface area contributed by atoms with Crippen molar-refractivity contribution >= 4 is 52.6 Å². The van der Waals surface area contributed by atoms with Crippen molar-refractivity contribution in [2.45, 2.75) is 4.90 Å². The van der Waals surface area contributed by atoms with Gasteiger partial charge < -0.3 is 10.2 Å². The van der Waals surface area contributed by atoms with Crippen molar-refractivity contribution in [1.29, 1.82) is 0 Å². The minimum absolute atomic E-state index is 0.0923. The molecule has 0 spiro atoms. The zero-order valence-electron chi connectivity index (χ0n) is 11.1. The number of hydrogen-bond donors (Lipinski definition) is 1. The van der Waals surface area contributed by atoms with Crippen LogP contribution in [-0.2, 0) is 9.59 Å². The van der Waals surface area contributed by atoms with Crippen molar-refractivity contribution in [2.24, 2.45) is 0 Å². The molecule has 1 aromatic carbocycles. The first-order valence-corrected chi connectivity index (χ1v) is 8.85. The monoisotopic (exact) mass is 340 g/mol. The minimum atomic E-state index is -0.255. The summed E-state index contributed by atoms with van der Waals surface area (Å²) in [5.74, 6) is 1.56. The average molecular weight is 341 g/mol. The number of halogens is 1. The lowest BCUT2D eigenvalue weighted by atomic mass is 10.3. The molecule has 0 radical (unpaired) electrons. The lowest BCUT2D eigenvalue weighted by Crippen LogP contribution is -2.37. The number of anilines is 1. The molecule has 0 bridgehead atoms. The molecule has 2 aliphatic rings. The summed E-state index contributed by atoms with van der Waals surface area (Å²) in [6.07, 6.45) is 1.44. The molecule has 0 saturated carbocycles. The molecule has 2 amide bonds. The number of benzene rings is 1. The zero-order chi connectivity index (χ0) is 14.8. The fraction of sp³-hybridized carbons (Fsp3) is 0.286. The van der Waals surface area contributed by atoms with Crippen LogP contribution in [0.3, 0.4) is 0 Å². The Hall–Kier alpha value is -1.11. The van der Waals surface area contributed by atoms with Crippen molar-refractivity contribution in [3.8, 4) is 0 Å². The lowest BCUT2D eigenvalue weighted by molar-refractivity contribution is -0.126. The molecule has 4 nitrogen and oxygen atoms in total. The molecule has 2 heterocycles. The van der Waals surface area contributed by atoms with Crippen LogP contribution in [0.15, 0.2) is 34.1 Å². The summed E-state index contributed by atoms with van der Waals surface area (Å²) in [4.78, 5) is 27.4. The van der Waals surface area contributed by atoms with Gasteiger partial charge >= 0.3 is 0 Å². The maximum atomic E-state index is 12.2. The predicted octanol–water partition coefficient (Wildman–Crippen LogP) is 2.84. The van der Waals surface area contributed by atoms with Gasteiger partial charge in [-0.3, -0.25) is 9.59 Å². The maximum absolute atomic E-state index is 12.2. The summed E-state index contributed by atoms with van der Waals surface area (Å²) < 4.78 is 0. The highest BCUT2D eigenvalue weighted by molar-refractivity contribution is 8.04. The van der Waals surface area contributed by atoms with Crippen molar-refractivity contribution in [2.75, 3.05) is 29.9 Å². The van der Waals surface area contributed by atoms with Crippen molar-refractivity contribution in [3.05, 3.63) is 34.2 Å². The molecule has 2 aliphatic heterocycles. The topological polar surface area (TPSA) is 49.4 Å². The summed E-state index contributed by atoms with van der Waals surface area (Å²) in [7, 11) is 0. The summed E-state index contributed by atoms with van der Waals surface area (Å²) >= 11 is 9.06. The smallest absolute Gasteiger partial charge is 0.262 e. The van der Waals surface area contributed by atoms with Gasteiger partial charge in [-0.1, -0.05) is 23.4 Å². The van der Waals surface area contributed by atoms with E-state index >= 15 is 0 Å². The van der Waals surface area contributed by atoms with Crippen molar-refractivity contribution < 1.29 is 9.59 Å². The molecule has 0 aliphatic carbocycles. The third kappa shape index (κ3) is 3.39. The van der Waals surface area contributed by atoms with E-state index in [1.807, 2.05) is 17.8 Å². The Labute approximate surface area is 136 Å². The van der Waals surface area contributed by atoms with E-state index in [0.29, 0.717) is 15.6 Å². The first-order chi connectivity index (χ1) is 10.1. The number of rotatable bonds is 1. The summed E-state index contributed by atoms with van der Waals surface area (Å²) in [6, 6.07) is 5.33. The molecule has 7 heteroatoms.